The summed E-state index contributed by atoms with van der Waals surface area (Å²) in [5, 5.41) is 8.79. The van der Waals surface area contributed by atoms with Gasteiger partial charge in [-0.2, -0.15) is 0 Å². The highest BCUT2D eigenvalue weighted by atomic mass is 16.5. The zero-order valence-corrected chi connectivity index (χ0v) is 20.4. The molecule has 4 rings (SSSR count). The van der Waals surface area contributed by atoms with Crippen molar-refractivity contribution in [2.24, 2.45) is 28.6 Å². The van der Waals surface area contributed by atoms with Crippen molar-refractivity contribution in [3.8, 4) is 0 Å². The van der Waals surface area contributed by atoms with Gasteiger partial charge in [0.1, 0.15) is 12.2 Å². The summed E-state index contributed by atoms with van der Waals surface area (Å²) in [5.74, 6) is 0.440. The largest absolute Gasteiger partial charge is 0.481 e. The SMILES string of the molecule is CCCC(=O)O[C@H]1CCC2C3CC=C4C[C@@H](OC(=O)CCC(=O)O)CC[C@]4(C)C3CC[C@@]21C. The number of carbonyl (C=O) groups is 3. The lowest BCUT2D eigenvalue weighted by Crippen LogP contribution is -2.51. The maximum absolute atomic E-state index is 12.2. The minimum atomic E-state index is -0.970. The Kier molecular flexibility index (Phi) is 6.93. The molecule has 3 unspecified atom stereocenters. The van der Waals surface area contributed by atoms with Gasteiger partial charge in [-0.3, -0.25) is 14.4 Å². The van der Waals surface area contributed by atoms with Crippen molar-refractivity contribution >= 4 is 17.9 Å². The van der Waals surface area contributed by atoms with E-state index in [-0.39, 0.29) is 41.8 Å². The average Bonchev–Trinajstić information content (AvgIpc) is 3.09. The fraction of sp³-hybridized carbons (Fsp3) is 0.815. The van der Waals surface area contributed by atoms with Crippen LogP contribution < -0.4 is 0 Å². The summed E-state index contributed by atoms with van der Waals surface area (Å²) < 4.78 is 11.6. The second-order valence-corrected chi connectivity index (χ2v) is 11.4. The molecule has 3 saturated carbocycles. The summed E-state index contributed by atoms with van der Waals surface area (Å²) in [6.07, 6.45) is 11.5. The molecule has 33 heavy (non-hydrogen) atoms. The van der Waals surface area contributed by atoms with Crippen LogP contribution in [0.1, 0.15) is 97.8 Å². The number of carbonyl (C=O) groups excluding carboxylic acids is 2. The van der Waals surface area contributed by atoms with Crippen LogP contribution in [0.15, 0.2) is 11.6 Å². The number of rotatable bonds is 7. The van der Waals surface area contributed by atoms with Crippen LogP contribution in [0, 0.1) is 28.6 Å². The number of ether oxygens (including phenoxy) is 2. The standard InChI is InChI=1S/C27H40O6/c1-4-5-24(30)33-22-9-8-20-19-7-6-17-16-18(32-25(31)11-10-23(28)29)12-14-26(17,2)21(19)13-15-27(20,22)3/h6,18-22H,4-5,7-16H2,1-3H3,(H,28,29)/t18-,19?,20?,21?,22-,26-,27-/m0/s1. The Bertz CT molecular complexity index is 817. The molecule has 0 amide bonds. The molecule has 0 spiro atoms. The molecule has 0 aliphatic heterocycles. The summed E-state index contributed by atoms with van der Waals surface area (Å²) in [6.45, 7) is 6.79. The molecule has 6 heteroatoms. The second-order valence-electron chi connectivity index (χ2n) is 11.4. The highest BCUT2D eigenvalue weighted by Crippen LogP contribution is 2.65. The van der Waals surface area contributed by atoms with E-state index in [1.165, 1.54) is 5.57 Å². The van der Waals surface area contributed by atoms with Gasteiger partial charge in [0.05, 0.1) is 12.8 Å². The highest BCUT2D eigenvalue weighted by Gasteiger charge is 2.59. The van der Waals surface area contributed by atoms with Crippen molar-refractivity contribution in [2.45, 2.75) is 110 Å². The van der Waals surface area contributed by atoms with Gasteiger partial charge >= 0.3 is 17.9 Å². The molecule has 0 radical (unpaired) electrons. The lowest BCUT2D eigenvalue weighted by molar-refractivity contribution is -0.160. The van der Waals surface area contributed by atoms with Gasteiger partial charge in [0, 0.05) is 18.3 Å². The highest BCUT2D eigenvalue weighted by molar-refractivity contribution is 5.76. The molecule has 6 nitrogen and oxygen atoms in total. The molecule has 0 aromatic rings. The molecule has 1 N–H and O–H groups in total. The predicted molar refractivity (Wildman–Crippen MR) is 123 cm³/mol. The summed E-state index contributed by atoms with van der Waals surface area (Å²) >= 11 is 0. The van der Waals surface area contributed by atoms with Gasteiger partial charge in [0.25, 0.3) is 0 Å². The van der Waals surface area contributed by atoms with Crippen LogP contribution in [0.25, 0.3) is 0 Å². The van der Waals surface area contributed by atoms with Gasteiger partial charge in [0.2, 0.25) is 0 Å². The van der Waals surface area contributed by atoms with Crippen molar-refractivity contribution in [2.75, 3.05) is 0 Å². The van der Waals surface area contributed by atoms with Crippen LogP contribution in [0.4, 0.5) is 0 Å². The zero-order chi connectivity index (χ0) is 23.8. The van der Waals surface area contributed by atoms with Crippen LogP contribution in [-0.2, 0) is 23.9 Å². The van der Waals surface area contributed by atoms with Gasteiger partial charge < -0.3 is 14.6 Å². The van der Waals surface area contributed by atoms with Gasteiger partial charge in [-0.1, -0.05) is 32.4 Å². The number of hydrogen-bond donors (Lipinski definition) is 1. The first-order valence-electron chi connectivity index (χ1n) is 13.0. The Labute approximate surface area is 197 Å². The minimum Gasteiger partial charge on any atom is -0.481 e. The number of fused-ring (bicyclic) bond motifs is 5. The van der Waals surface area contributed by atoms with Gasteiger partial charge in [-0.05, 0) is 74.5 Å². The molecule has 0 saturated heterocycles. The third-order valence-corrected chi connectivity index (χ3v) is 9.54. The Morgan fingerprint density at radius 1 is 0.970 bits per heavy atom. The Hall–Kier alpha value is -1.85. The molecule has 184 valence electrons. The van der Waals surface area contributed by atoms with E-state index in [0.717, 1.165) is 57.8 Å². The van der Waals surface area contributed by atoms with Gasteiger partial charge in [-0.15, -0.1) is 0 Å². The van der Waals surface area contributed by atoms with E-state index < -0.39 is 11.9 Å². The third kappa shape index (κ3) is 4.59. The normalized spacial score (nSPS) is 39.5. The van der Waals surface area contributed by atoms with Gasteiger partial charge in [0.15, 0.2) is 0 Å². The number of allylic oxidation sites excluding steroid dienone is 1. The van der Waals surface area contributed by atoms with Gasteiger partial charge in [-0.25, -0.2) is 0 Å². The van der Waals surface area contributed by atoms with Crippen LogP contribution >= 0.6 is 0 Å². The number of esters is 2. The third-order valence-electron chi connectivity index (χ3n) is 9.54. The smallest absolute Gasteiger partial charge is 0.306 e. The molecule has 0 aromatic heterocycles. The Morgan fingerprint density at radius 3 is 2.45 bits per heavy atom. The van der Waals surface area contributed by atoms with Crippen LogP contribution in [0.5, 0.6) is 0 Å². The molecule has 4 aliphatic rings. The van der Waals surface area contributed by atoms with E-state index in [1.807, 2.05) is 6.92 Å². The Morgan fingerprint density at radius 2 is 1.73 bits per heavy atom. The number of aliphatic carboxylic acids is 1. The number of carboxylic acids is 1. The predicted octanol–water partition coefficient (Wildman–Crippen LogP) is 5.44. The summed E-state index contributed by atoms with van der Waals surface area (Å²) in [4.78, 5) is 35.0. The van der Waals surface area contributed by atoms with E-state index in [0.29, 0.717) is 24.2 Å². The first-order valence-corrected chi connectivity index (χ1v) is 13.0. The minimum absolute atomic E-state index is 0.0412. The van der Waals surface area contributed by atoms with Crippen LogP contribution in [0.2, 0.25) is 0 Å². The van der Waals surface area contributed by atoms with Crippen LogP contribution in [-0.4, -0.2) is 35.2 Å². The van der Waals surface area contributed by atoms with E-state index >= 15 is 0 Å². The maximum Gasteiger partial charge on any atom is 0.306 e. The zero-order valence-electron chi connectivity index (χ0n) is 20.4. The fourth-order valence-corrected chi connectivity index (χ4v) is 7.75. The molecule has 0 heterocycles. The molecular formula is C27H40O6. The van der Waals surface area contributed by atoms with E-state index in [1.54, 1.807) is 0 Å². The first-order chi connectivity index (χ1) is 15.7. The molecule has 4 aliphatic carbocycles. The summed E-state index contributed by atoms with van der Waals surface area (Å²) in [5.41, 5.74) is 1.66. The van der Waals surface area contributed by atoms with E-state index in [4.69, 9.17) is 14.6 Å². The van der Waals surface area contributed by atoms with E-state index in [2.05, 4.69) is 19.9 Å². The van der Waals surface area contributed by atoms with Crippen LogP contribution in [0.3, 0.4) is 0 Å². The number of hydrogen-bond acceptors (Lipinski definition) is 5. The van der Waals surface area contributed by atoms with Crippen molar-refractivity contribution < 1.29 is 29.0 Å². The maximum atomic E-state index is 12.2. The molecule has 7 atom stereocenters. The van der Waals surface area contributed by atoms with Crippen molar-refractivity contribution in [1.82, 2.24) is 0 Å². The van der Waals surface area contributed by atoms with Crippen molar-refractivity contribution in [1.29, 1.82) is 0 Å². The fourth-order valence-electron chi connectivity index (χ4n) is 7.75. The molecule has 3 fully saturated rings. The lowest BCUT2D eigenvalue weighted by atomic mass is 9.48. The molecule has 0 aromatic carbocycles. The quantitative estimate of drug-likeness (QED) is 0.402. The van der Waals surface area contributed by atoms with Crippen molar-refractivity contribution in [3.63, 3.8) is 0 Å². The van der Waals surface area contributed by atoms with E-state index in [9.17, 15) is 14.4 Å². The number of carboxylic acid groups (broad SMARTS) is 1. The Balaban J connectivity index is 1.43. The monoisotopic (exact) mass is 460 g/mol. The van der Waals surface area contributed by atoms with Crippen molar-refractivity contribution in [3.05, 3.63) is 11.6 Å². The summed E-state index contributed by atoms with van der Waals surface area (Å²) in [6, 6.07) is 0. The molecule has 0 bridgehead atoms. The molecular weight excluding hydrogens is 420 g/mol. The average molecular weight is 461 g/mol. The lowest BCUT2D eigenvalue weighted by Gasteiger charge is -2.57. The topological polar surface area (TPSA) is 89.9 Å². The second kappa shape index (κ2) is 9.42. The first kappa shape index (κ1) is 24.3. The summed E-state index contributed by atoms with van der Waals surface area (Å²) in [7, 11) is 0.